The van der Waals surface area contributed by atoms with Gasteiger partial charge in [-0.15, -0.1) is 0 Å². The van der Waals surface area contributed by atoms with Crippen molar-refractivity contribution in [2.45, 2.75) is 97.9 Å². The summed E-state index contributed by atoms with van der Waals surface area (Å²) in [4.78, 5) is 9.06. The van der Waals surface area contributed by atoms with Gasteiger partial charge in [-0.2, -0.15) is 0 Å². The van der Waals surface area contributed by atoms with Gasteiger partial charge in [0.2, 0.25) is 0 Å². The van der Waals surface area contributed by atoms with E-state index in [9.17, 15) is 0 Å². The fourth-order valence-corrected chi connectivity index (χ4v) is 3.37. The van der Waals surface area contributed by atoms with Crippen molar-refractivity contribution in [1.82, 2.24) is 0 Å². The summed E-state index contributed by atoms with van der Waals surface area (Å²) in [6, 6.07) is 16.9. The third-order valence-corrected chi connectivity index (χ3v) is 5.31. The summed E-state index contributed by atoms with van der Waals surface area (Å²) in [5.74, 6) is 1.78. The zero-order chi connectivity index (χ0) is 26.9. The lowest BCUT2D eigenvalue weighted by atomic mass is 9.78. The van der Waals surface area contributed by atoms with E-state index in [2.05, 4.69) is 124 Å². The van der Waals surface area contributed by atoms with Crippen LogP contribution >= 0.6 is 0 Å². The van der Waals surface area contributed by atoms with E-state index in [1.54, 1.807) is 0 Å². The van der Waals surface area contributed by atoms with Crippen molar-refractivity contribution in [2.24, 2.45) is 0 Å². The van der Waals surface area contributed by atoms with Crippen LogP contribution in [0.15, 0.2) is 61.2 Å². The second-order valence-electron chi connectivity index (χ2n) is 11.8. The van der Waals surface area contributed by atoms with E-state index in [-0.39, 0.29) is 22.2 Å². The Hall–Kier alpha value is -2.59. The summed E-state index contributed by atoms with van der Waals surface area (Å²) in [7, 11) is 0. The minimum atomic E-state index is -0.287. The van der Waals surface area contributed by atoms with Crippen molar-refractivity contribution in [2.75, 3.05) is 6.61 Å². The Labute approximate surface area is 213 Å². The molecule has 4 heteroatoms. The zero-order valence-electron chi connectivity index (χ0n) is 23.5. The Balaban J connectivity index is 0.00000142. The average Bonchev–Trinajstić information content (AvgIpc) is 2.72. The highest BCUT2D eigenvalue weighted by atomic mass is 16.5. The first-order valence-electron chi connectivity index (χ1n) is 12.3. The highest BCUT2D eigenvalue weighted by Gasteiger charge is 2.25. The van der Waals surface area contributed by atoms with Gasteiger partial charge in [-0.05, 0) is 96.9 Å². The molecule has 0 atom stereocenters. The summed E-state index contributed by atoms with van der Waals surface area (Å²) < 4.78 is 18.1. The normalized spacial score (nSPS) is 12.3. The largest absolute Gasteiger partial charge is 0.488 e. The molecule has 194 valence electrons. The molecule has 0 amide bonds. The molecule has 0 unspecified atom stereocenters. The van der Waals surface area contributed by atoms with E-state index >= 15 is 0 Å². The molecule has 2 aromatic rings. The third kappa shape index (κ3) is 11.6. The number of hydrogen-bond acceptors (Lipinski definition) is 4. The Kier molecular flexibility index (Phi) is 10.8. The van der Waals surface area contributed by atoms with Gasteiger partial charge in [0, 0.05) is 11.8 Å². The lowest BCUT2D eigenvalue weighted by Crippen LogP contribution is -2.32. The number of carbonyl (C=O) groups excluding carboxylic acids is 1. The predicted molar refractivity (Wildman–Crippen MR) is 147 cm³/mol. The first kappa shape index (κ1) is 30.4. The van der Waals surface area contributed by atoms with Gasteiger partial charge in [0.05, 0.1) is 12.2 Å². The number of hydrogen-bond donors (Lipinski definition) is 0. The molecule has 35 heavy (non-hydrogen) atoms. The number of ether oxygens (including phenoxy) is 3. The van der Waals surface area contributed by atoms with Crippen LogP contribution in [0, 0.1) is 0 Å². The Bertz CT molecular complexity index is 902. The van der Waals surface area contributed by atoms with Crippen LogP contribution < -0.4 is 9.47 Å². The van der Waals surface area contributed by atoms with Crippen molar-refractivity contribution < 1.29 is 19.0 Å². The number of aldehydes is 1. The first-order chi connectivity index (χ1) is 16.0. The third-order valence-electron chi connectivity index (χ3n) is 5.31. The number of carbonyl (C=O) groups is 1. The van der Waals surface area contributed by atoms with Gasteiger partial charge in [-0.3, -0.25) is 4.79 Å². The molecule has 0 radical (unpaired) electrons. The van der Waals surface area contributed by atoms with Gasteiger partial charge >= 0.3 is 0 Å². The molecule has 0 aromatic heterocycles. The summed E-state index contributed by atoms with van der Waals surface area (Å²) in [6.07, 6.45) is 2.67. The minimum Gasteiger partial charge on any atom is -0.488 e. The molecule has 0 heterocycles. The van der Waals surface area contributed by atoms with Crippen molar-refractivity contribution in [3.05, 3.63) is 72.3 Å². The molecule has 0 spiro atoms. The van der Waals surface area contributed by atoms with Crippen LogP contribution in [0.4, 0.5) is 0 Å². The summed E-state index contributed by atoms with van der Waals surface area (Å²) >= 11 is 0. The molecule has 0 fully saturated rings. The highest BCUT2D eigenvalue weighted by molar-refractivity contribution is 5.63. The van der Waals surface area contributed by atoms with Crippen molar-refractivity contribution >= 4 is 6.29 Å². The monoisotopic (exact) mass is 482 g/mol. The van der Waals surface area contributed by atoms with E-state index in [1.165, 1.54) is 17.2 Å². The smallest absolute Gasteiger partial charge is 0.142 e. The topological polar surface area (TPSA) is 44.8 Å². The fourth-order valence-electron chi connectivity index (χ4n) is 3.37. The van der Waals surface area contributed by atoms with Gasteiger partial charge in [0.15, 0.2) is 0 Å². The molecule has 4 nitrogen and oxygen atoms in total. The maximum Gasteiger partial charge on any atom is 0.142 e. The van der Waals surface area contributed by atoms with Gasteiger partial charge in [0.25, 0.3) is 0 Å². The van der Waals surface area contributed by atoms with Crippen LogP contribution in [-0.4, -0.2) is 29.7 Å². The van der Waals surface area contributed by atoms with Crippen molar-refractivity contribution in [1.29, 1.82) is 0 Å². The standard InChI is InChI=1S/C28H42O3.C3H4O/c1-25(2,3)29-20-19-27(7,8)31-24-17-13-22(14-18-24)28(9,10)21-11-15-23(16-12-21)30-26(4,5)6;1-2-3-4/h11-18H,19-20H2,1-10H3;2-3H,1H2. The van der Waals surface area contributed by atoms with Crippen LogP contribution in [0.2, 0.25) is 0 Å². The first-order valence-corrected chi connectivity index (χ1v) is 12.3. The molecule has 0 aliphatic rings. The predicted octanol–water partition coefficient (Wildman–Crippen LogP) is 7.92. The molecule has 0 aliphatic heterocycles. The number of allylic oxidation sites excluding steroid dienone is 1. The Morgan fingerprint density at radius 2 is 1.09 bits per heavy atom. The summed E-state index contributed by atoms with van der Waals surface area (Å²) in [6.45, 7) is 24.9. The van der Waals surface area contributed by atoms with E-state index in [1.807, 2.05) is 0 Å². The Morgan fingerprint density at radius 1 is 0.686 bits per heavy atom. The fraction of sp³-hybridized carbons (Fsp3) is 0.516. The van der Waals surface area contributed by atoms with Gasteiger partial charge in [-0.1, -0.05) is 44.7 Å². The molecule has 0 saturated carbocycles. The molecule has 0 aliphatic carbocycles. The molecular weight excluding hydrogens is 436 g/mol. The van der Waals surface area contributed by atoms with Crippen LogP contribution in [-0.2, 0) is 14.9 Å². The van der Waals surface area contributed by atoms with E-state index < -0.39 is 0 Å². The lowest BCUT2D eigenvalue weighted by molar-refractivity contribution is -0.104. The average molecular weight is 483 g/mol. The maximum absolute atomic E-state index is 9.06. The van der Waals surface area contributed by atoms with Crippen LogP contribution in [0.5, 0.6) is 11.5 Å². The van der Waals surface area contributed by atoms with Crippen molar-refractivity contribution in [3.63, 3.8) is 0 Å². The van der Waals surface area contributed by atoms with Crippen molar-refractivity contribution in [3.8, 4) is 11.5 Å². The second-order valence-corrected chi connectivity index (χ2v) is 11.8. The van der Waals surface area contributed by atoms with Gasteiger partial charge < -0.3 is 14.2 Å². The van der Waals surface area contributed by atoms with Crippen LogP contribution in [0.1, 0.15) is 86.8 Å². The molecule has 0 N–H and O–H groups in total. The number of benzene rings is 2. The molecule has 2 aromatic carbocycles. The quantitative estimate of drug-likeness (QED) is 0.269. The molecule has 0 saturated heterocycles. The van der Waals surface area contributed by atoms with Crippen LogP contribution in [0.3, 0.4) is 0 Å². The molecule has 2 rings (SSSR count). The van der Waals surface area contributed by atoms with Crippen LogP contribution in [0.25, 0.3) is 0 Å². The highest BCUT2D eigenvalue weighted by Crippen LogP contribution is 2.34. The van der Waals surface area contributed by atoms with Gasteiger partial charge in [-0.25, -0.2) is 0 Å². The van der Waals surface area contributed by atoms with E-state index in [0.717, 1.165) is 17.9 Å². The van der Waals surface area contributed by atoms with E-state index in [4.69, 9.17) is 19.0 Å². The Morgan fingerprint density at radius 3 is 1.43 bits per heavy atom. The summed E-state index contributed by atoms with van der Waals surface area (Å²) in [5.41, 5.74) is 1.78. The van der Waals surface area contributed by atoms with E-state index in [0.29, 0.717) is 12.9 Å². The maximum atomic E-state index is 9.06. The molecular formula is C31H46O4. The molecule has 0 bridgehead atoms. The zero-order valence-corrected chi connectivity index (χ0v) is 23.5. The minimum absolute atomic E-state index is 0.116. The summed E-state index contributed by atoms with van der Waals surface area (Å²) in [5, 5.41) is 0. The van der Waals surface area contributed by atoms with Gasteiger partial charge in [0.1, 0.15) is 29.0 Å². The number of rotatable bonds is 9. The SMILES string of the molecule is C=CC=O.CC(C)(C)OCCC(C)(C)Oc1ccc(C(C)(C)c2ccc(OC(C)(C)C)cc2)cc1. The second kappa shape index (κ2) is 12.4. The lowest BCUT2D eigenvalue weighted by Gasteiger charge is -2.30.